The molecule has 1 unspecified atom stereocenters. The molecule has 0 saturated heterocycles. The van der Waals surface area contributed by atoms with Crippen LogP contribution in [0.5, 0.6) is 0 Å². The Morgan fingerprint density at radius 3 is 2.52 bits per heavy atom. The zero-order valence-electron chi connectivity index (χ0n) is 11.6. The van der Waals surface area contributed by atoms with Crippen molar-refractivity contribution in [3.63, 3.8) is 0 Å². The Kier molecular flexibility index (Phi) is 8.06. The molecule has 0 saturated carbocycles. The van der Waals surface area contributed by atoms with E-state index in [1.807, 2.05) is 6.92 Å². The van der Waals surface area contributed by atoms with E-state index in [0.717, 1.165) is 18.6 Å². The summed E-state index contributed by atoms with van der Waals surface area (Å²) in [5.74, 6) is -0.395. The third-order valence-corrected chi connectivity index (χ3v) is 2.96. The lowest BCUT2D eigenvalue weighted by atomic mass is 10.2. The fraction of sp³-hybridized carbons (Fsp3) is 0.462. The molecule has 8 heteroatoms. The van der Waals surface area contributed by atoms with Crippen LogP contribution >= 0.6 is 24.0 Å². The van der Waals surface area contributed by atoms with Gasteiger partial charge in [-0.25, -0.2) is 0 Å². The highest BCUT2D eigenvalue weighted by Crippen LogP contribution is 2.36. The summed E-state index contributed by atoms with van der Waals surface area (Å²) in [6.07, 6.45) is -3.69. The summed E-state index contributed by atoms with van der Waals surface area (Å²) < 4.78 is 38.0. The minimum absolute atomic E-state index is 0. The maximum absolute atomic E-state index is 12.7. The summed E-state index contributed by atoms with van der Waals surface area (Å²) in [5, 5.41) is 4.98. The maximum Gasteiger partial charge on any atom is 0.417 e. The Balaban J connectivity index is 0.00000400. The van der Waals surface area contributed by atoms with Crippen LogP contribution in [0.1, 0.15) is 25.8 Å². The zero-order chi connectivity index (χ0) is 15.3. The van der Waals surface area contributed by atoms with Crippen LogP contribution < -0.4 is 10.6 Å². The highest BCUT2D eigenvalue weighted by atomic mass is 35.5. The van der Waals surface area contributed by atoms with Crippen molar-refractivity contribution in [3.05, 3.63) is 28.8 Å². The summed E-state index contributed by atoms with van der Waals surface area (Å²) in [5.41, 5.74) is -0.900. The third kappa shape index (κ3) is 6.11. The van der Waals surface area contributed by atoms with Gasteiger partial charge in [0.25, 0.3) is 0 Å². The summed E-state index contributed by atoms with van der Waals surface area (Å²) in [6.45, 7) is 4.25. The molecule has 1 amide bonds. The topological polar surface area (TPSA) is 41.1 Å². The molecule has 0 radical (unpaired) electrons. The Morgan fingerprint density at radius 2 is 2.00 bits per heavy atom. The van der Waals surface area contributed by atoms with E-state index in [2.05, 4.69) is 10.6 Å². The Labute approximate surface area is 132 Å². The van der Waals surface area contributed by atoms with Crippen LogP contribution in [-0.2, 0) is 11.0 Å². The Bertz CT molecular complexity index is 481. The fourth-order valence-corrected chi connectivity index (χ4v) is 1.75. The number of carbonyl (C=O) groups excluding carboxylic acids is 1. The van der Waals surface area contributed by atoms with Gasteiger partial charge in [-0.1, -0.05) is 18.5 Å². The van der Waals surface area contributed by atoms with Crippen molar-refractivity contribution < 1.29 is 18.0 Å². The van der Waals surface area contributed by atoms with Crippen LogP contribution in [0.25, 0.3) is 0 Å². The molecule has 0 fully saturated rings. The van der Waals surface area contributed by atoms with E-state index in [1.54, 1.807) is 6.92 Å². The van der Waals surface area contributed by atoms with Crippen LogP contribution in [0.15, 0.2) is 18.2 Å². The molecule has 21 heavy (non-hydrogen) atoms. The van der Waals surface area contributed by atoms with Crippen LogP contribution in [0.3, 0.4) is 0 Å². The molecule has 1 atom stereocenters. The predicted octanol–water partition coefficient (Wildman–Crippen LogP) is 4.11. The molecular weight excluding hydrogens is 328 g/mol. The second kappa shape index (κ2) is 8.46. The molecule has 0 aliphatic carbocycles. The quantitative estimate of drug-likeness (QED) is 0.843. The average Bonchev–Trinajstić information content (AvgIpc) is 2.36. The lowest BCUT2D eigenvalue weighted by Gasteiger charge is -2.15. The van der Waals surface area contributed by atoms with E-state index in [-0.39, 0.29) is 18.1 Å². The monoisotopic (exact) mass is 344 g/mol. The highest BCUT2D eigenvalue weighted by Gasteiger charge is 2.33. The molecule has 2 N–H and O–H groups in total. The second-order valence-corrected chi connectivity index (χ2v) is 4.76. The van der Waals surface area contributed by atoms with Crippen molar-refractivity contribution in [1.82, 2.24) is 5.32 Å². The number of hydrogen-bond acceptors (Lipinski definition) is 2. The molecule has 1 aromatic rings. The van der Waals surface area contributed by atoms with Crippen LogP contribution in [-0.4, -0.2) is 18.5 Å². The standard InChI is InChI=1S/C13H16ClF3N2O.ClH/c1-3-6-18-8(2)12(20)19-9-4-5-11(14)10(7-9)13(15,16)17;/h4-5,7-8,18H,3,6H2,1-2H3,(H,19,20);1H. The summed E-state index contributed by atoms with van der Waals surface area (Å²) in [7, 11) is 0. The van der Waals surface area contributed by atoms with Crippen molar-refractivity contribution >= 4 is 35.6 Å². The van der Waals surface area contributed by atoms with E-state index >= 15 is 0 Å². The van der Waals surface area contributed by atoms with Crippen LogP contribution in [0.2, 0.25) is 5.02 Å². The fourth-order valence-electron chi connectivity index (χ4n) is 1.52. The molecule has 1 rings (SSSR count). The van der Waals surface area contributed by atoms with Crippen molar-refractivity contribution in [2.75, 3.05) is 11.9 Å². The van der Waals surface area contributed by atoms with E-state index < -0.39 is 28.7 Å². The summed E-state index contributed by atoms with van der Waals surface area (Å²) in [4.78, 5) is 11.8. The second-order valence-electron chi connectivity index (χ2n) is 4.36. The smallest absolute Gasteiger partial charge is 0.325 e. The highest BCUT2D eigenvalue weighted by molar-refractivity contribution is 6.31. The molecule has 0 aromatic heterocycles. The van der Waals surface area contributed by atoms with E-state index in [1.165, 1.54) is 6.07 Å². The molecule has 1 aromatic carbocycles. The number of rotatable bonds is 5. The number of carbonyl (C=O) groups is 1. The van der Waals surface area contributed by atoms with Gasteiger partial charge in [-0.15, -0.1) is 12.4 Å². The minimum atomic E-state index is -4.55. The van der Waals surface area contributed by atoms with Gasteiger partial charge in [0.2, 0.25) is 5.91 Å². The number of halogens is 5. The minimum Gasteiger partial charge on any atom is -0.325 e. The summed E-state index contributed by atoms with van der Waals surface area (Å²) in [6, 6.07) is 2.79. The largest absolute Gasteiger partial charge is 0.417 e. The van der Waals surface area contributed by atoms with Gasteiger partial charge in [-0.05, 0) is 38.1 Å². The van der Waals surface area contributed by atoms with E-state index in [0.29, 0.717) is 6.54 Å². The van der Waals surface area contributed by atoms with Gasteiger partial charge in [0, 0.05) is 5.69 Å². The van der Waals surface area contributed by atoms with Crippen molar-refractivity contribution in [1.29, 1.82) is 0 Å². The van der Waals surface area contributed by atoms with Gasteiger partial charge in [0.05, 0.1) is 16.6 Å². The lowest BCUT2D eigenvalue weighted by molar-refractivity contribution is -0.137. The van der Waals surface area contributed by atoms with E-state index in [4.69, 9.17) is 11.6 Å². The van der Waals surface area contributed by atoms with Gasteiger partial charge in [0.1, 0.15) is 0 Å². The molecule has 0 spiro atoms. The number of benzene rings is 1. The molecule has 120 valence electrons. The normalized spacial score (nSPS) is 12.5. The molecule has 3 nitrogen and oxygen atoms in total. The molecule has 0 bridgehead atoms. The number of anilines is 1. The number of alkyl halides is 3. The first-order valence-electron chi connectivity index (χ1n) is 6.16. The maximum atomic E-state index is 12.7. The molecule has 0 aliphatic heterocycles. The van der Waals surface area contributed by atoms with Gasteiger partial charge in [-0.3, -0.25) is 4.79 Å². The van der Waals surface area contributed by atoms with Crippen LogP contribution in [0, 0.1) is 0 Å². The third-order valence-electron chi connectivity index (χ3n) is 2.63. The average molecular weight is 345 g/mol. The Morgan fingerprint density at radius 1 is 1.38 bits per heavy atom. The first kappa shape index (κ1) is 20.0. The lowest BCUT2D eigenvalue weighted by Crippen LogP contribution is -2.38. The van der Waals surface area contributed by atoms with Crippen molar-refractivity contribution in [2.24, 2.45) is 0 Å². The number of hydrogen-bond donors (Lipinski definition) is 2. The Hall–Kier alpha value is -0.980. The number of nitrogens with one attached hydrogen (secondary N) is 2. The van der Waals surface area contributed by atoms with Gasteiger partial charge in [0.15, 0.2) is 0 Å². The SMILES string of the molecule is CCCNC(C)C(=O)Nc1ccc(Cl)c(C(F)(F)F)c1.Cl. The van der Waals surface area contributed by atoms with Gasteiger partial charge in [-0.2, -0.15) is 13.2 Å². The molecule has 0 aliphatic rings. The van der Waals surface area contributed by atoms with Crippen molar-refractivity contribution in [3.8, 4) is 0 Å². The summed E-state index contributed by atoms with van der Waals surface area (Å²) >= 11 is 5.50. The first-order chi connectivity index (χ1) is 9.25. The van der Waals surface area contributed by atoms with E-state index in [9.17, 15) is 18.0 Å². The number of amides is 1. The van der Waals surface area contributed by atoms with Crippen LogP contribution in [0.4, 0.5) is 18.9 Å². The molecular formula is C13H17Cl2F3N2O. The first-order valence-corrected chi connectivity index (χ1v) is 6.54. The molecule has 0 heterocycles. The van der Waals surface area contributed by atoms with Gasteiger partial charge < -0.3 is 10.6 Å². The predicted molar refractivity (Wildman–Crippen MR) is 80.1 cm³/mol. The zero-order valence-corrected chi connectivity index (χ0v) is 13.1. The van der Waals surface area contributed by atoms with Gasteiger partial charge >= 0.3 is 6.18 Å². The van der Waals surface area contributed by atoms with Crippen molar-refractivity contribution in [2.45, 2.75) is 32.5 Å².